The molecule has 0 bridgehead atoms. The minimum absolute atomic E-state index is 0.206. The summed E-state index contributed by atoms with van der Waals surface area (Å²) in [4.78, 5) is 11.3. The fourth-order valence-electron chi connectivity index (χ4n) is 1.13. The van der Waals surface area contributed by atoms with Crippen molar-refractivity contribution in [1.82, 2.24) is 5.32 Å². The van der Waals surface area contributed by atoms with Gasteiger partial charge in [0.1, 0.15) is 0 Å². The van der Waals surface area contributed by atoms with Crippen LogP contribution in [-0.4, -0.2) is 31.7 Å². The standard InChI is InChI=1S/C11H18N2O2/c1-2-3-10(12)11(14)13-6-7-15-8-9-4-5-9/h1,9-10H,3-8,12H2,(H,13,14). The molecule has 15 heavy (non-hydrogen) atoms. The normalized spacial score (nSPS) is 16.8. The highest BCUT2D eigenvalue weighted by Crippen LogP contribution is 2.28. The number of hydrogen-bond donors (Lipinski definition) is 2. The van der Waals surface area contributed by atoms with Gasteiger partial charge in [-0.2, -0.15) is 0 Å². The summed E-state index contributed by atoms with van der Waals surface area (Å²) in [5, 5.41) is 2.68. The highest BCUT2D eigenvalue weighted by atomic mass is 16.5. The van der Waals surface area contributed by atoms with Gasteiger partial charge in [0.05, 0.1) is 12.6 Å². The SMILES string of the molecule is C#CCC(N)C(=O)NCCOCC1CC1. The minimum atomic E-state index is -0.599. The van der Waals surface area contributed by atoms with E-state index in [0.29, 0.717) is 13.2 Å². The molecule has 1 unspecified atom stereocenters. The van der Waals surface area contributed by atoms with Gasteiger partial charge in [-0.05, 0) is 18.8 Å². The lowest BCUT2D eigenvalue weighted by Crippen LogP contribution is -2.41. The zero-order valence-electron chi connectivity index (χ0n) is 8.87. The smallest absolute Gasteiger partial charge is 0.237 e. The highest BCUT2D eigenvalue weighted by molar-refractivity contribution is 5.81. The van der Waals surface area contributed by atoms with Crippen molar-refractivity contribution in [2.45, 2.75) is 25.3 Å². The van der Waals surface area contributed by atoms with E-state index in [1.807, 2.05) is 0 Å². The maximum absolute atomic E-state index is 11.3. The summed E-state index contributed by atoms with van der Waals surface area (Å²) in [6.45, 7) is 1.86. The van der Waals surface area contributed by atoms with Crippen molar-refractivity contribution in [1.29, 1.82) is 0 Å². The molecule has 0 saturated heterocycles. The van der Waals surface area contributed by atoms with Crippen molar-refractivity contribution < 1.29 is 9.53 Å². The van der Waals surface area contributed by atoms with Crippen molar-refractivity contribution in [2.75, 3.05) is 19.8 Å². The van der Waals surface area contributed by atoms with Gasteiger partial charge in [0.2, 0.25) is 5.91 Å². The number of nitrogens with two attached hydrogens (primary N) is 1. The second-order valence-electron chi connectivity index (χ2n) is 3.82. The van der Waals surface area contributed by atoms with Gasteiger partial charge in [0.25, 0.3) is 0 Å². The predicted octanol–water partition coefficient (Wildman–Crippen LogP) is -0.120. The van der Waals surface area contributed by atoms with E-state index in [-0.39, 0.29) is 12.3 Å². The number of hydrogen-bond acceptors (Lipinski definition) is 3. The molecule has 3 N–H and O–H groups in total. The Kier molecular flexibility index (Phi) is 5.16. The molecule has 0 radical (unpaired) electrons. The first-order valence-corrected chi connectivity index (χ1v) is 5.28. The number of ether oxygens (including phenoxy) is 1. The number of rotatable bonds is 7. The first kappa shape index (κ1) is 12.0. The summed E-state index contributed by atoms with van der Waals surface area (Å²) in [6, 6.07) is -0.599. The van der Waals surface area contributed by atoms with Crippen LogP contribution in [0.25, 0.3) is 0 Å². The zero-order valence-corrected chi connectivity index (χ0v) is 8.87. The number of terminal acetylenes is 1. The third-order valence-corrected chi connectivity index (χ3v) is 2.27. The van der Waals surface area contributed by atoms with E-state index in [0.717, 1.165) is 12.5 Å². The van der Waals surface area contributed by atoms with Gasteiger partial charge >= 0.3 is 0 Å². The van der Waals surface area contributed by atoms with Gasteiger partial charge in [-0.25, -0.2) is 0 Å². The third-order valence-electron chi connectivity index (χ3n) is 2.27. The largest absolute Gasteiger partial charge is 0.379 e. The van der Waals surface area contributed by atoms with E-state index >= 15 is 0 Å². The lowest BCUT2D eigenvalue weighted by molar-refractivity contribution is -0.122. The molecule has 4 nitrogen and oxygen atoms in total. The number of nitrogens with one attached hydrogen (secondary N) is 1. The van der Waals surface area contributed by atoms with Crippen LogP contribution >= 0.6 is 0 Å². The van der Waals surface area contributed by atoms with E-state index in [4.69, 9.17) is 16.9 Å². The first-order valence-electron chi connectivity index (χ1n) is 5.28. The number of carbonyl (C=O) groups is 1. The van der Waals surface area contributed by atoms with Crippen LogP contribution < -0.4 is 11.1 Å². The van der Waals surface area contributed by atoms with Crippen LogP contribution in [0.15, 0.2) is 0 Å². The van der Waals surface area contributed by atoms with E-state index in [1.165, 1.54) is 12.8 Å². The average molecular weight is 210 g/mol. The monoisotopic (exact) mass is 210 g/mol. The molecule has 4 heteroatoms. The Morgan fingerprint density at radius 1 is 1.67 bits per heavy atom. The fraction of sp³-hybridized carbons (Fsp3) is 0.727. The van der Waals surface area contributed by atoms with Gasteiger partial charge in [0, 0.05) is 19.6 Å². The van der Waals surface area contributed by atoms with Crippen molar-refractivity contribution in [3.8, 4) is 12.3 Å². The van der Waals surface area contributed by atoms with Crippen LogP contribution in [0.3, 0.4) is 0 Å². The van der Waals surface area contributed by atoms with Gasteiger partial charge in [-0.3, -0.25) is 4.79 Å². The lowest BCUT2D eigenvalue weighted by Gasteiger charge is -2.09. The molecule has 0 aromatic rings. The van der Waals surface area contributed by atoms with Crippen LogP contribution in [0.1, 0.15) is 19.3 Å². The Labute approximate surface area is 90.5 Å². The molecule has 1 aliphatic carbocycles. The van der Waals surface area contributed by atoms with E-state index in [2.05, 4.69) is 11.2 Å². The minimum Gasteiger partial charge on any atom is -0.379 e. The Bertz CT molecular complexity index is 243. The van der Waals surface area contributed by atoms with Crippen molar-refractivity contribution >= 4 is 5.91 Å². The van der Waals surface area contributed by atoms with E-state index in [9.17, 15) is 4.79 Å². The Morgan fingerprint density at radius 3 is 3.00 bits per heavy atom. The van der Waals surface area contributed by atoms with E-state index < -0.39 is 6.04 Å². The summed E-state index contributed by atoms with van der Waals surface area (Å²) >= 11 is 0. The molecule has 1 saturated carbocycles. The van der Waals surface area contributed by atoms with Crippen LogP contribution in [-0.2, 0) is 9.53 Å². The third kappa shape index (κ3) is 5.40. The van der Waals surface area contributed by atoms with Crippen LogP contribution in [0.2, 0.25) is 0 Å². The molecule has 0 heterocycles. The molecule has 1 atom stereocenters. The topological polar surface area (TPSA) is 64.4 Å². The second kappa shape index (κ2) is 6.44. The molecule has 0 aromatic carbocycles. The summed E-state index contributed by atoms with van der Waals surface area (Å²) in [5.74, 6) is 2.90. The number of carbonyl (C=O) groups excluding carboxylic acids is 1. The summed E-state index contributed by atoms with van der Waals surface area (Å²) < 4.78 is 5.35. The maximum Gasteiger partial charge on any atom is 0.237 e. The molecule has 0 spiro atoms. The molecular weight excluding hydrogens is 192 g/mol. The lowest BCUT2D eigenvalue weighted by atomic mass is 10.2. The van der Waals surface area contributed by atoms with Gasteiger partial charge in [-0.1, -0.05) is 0 Å². The van der Waals surface area contributed by atoms with Gasteiger partial charge < -0.3 is 15.8 Å². The van der Waals surface area contributed by atoms with Gasteiger partial charge in [-0.15, -0.1) is 12.3 Å². The molecule has 1 rings (SSSR count). The molecule has 0 aliphatic heterocycles. The van der Waals surface area contributed by atoms with Crippen molar-refractivity contribution in [3.05, 3.63) is 0 Å². The Morgan fingerprint density at radius 2 is 2.40 bits per heavy atom. The van der Waals surface area contributed by atoms with Gasteiger partial charge in [0.15, 0.2) is 0 Å². The van der Waals surface area contributed by atoms with Crippen molar-refractivity contribution in [3.63, 3.8) is 0 Å². The van der Waals surface area contributed by atoms with Crippen LogP contribution in [0, 0.1) is 18.3 Å². The summed E-state index contributed by atoms with van der Waals surface area (Å²) in [5.41, 5.74) is 5.51. The summed E-state index contributed by atoms with van der Waals surface area (Å²) in [7, 11) is 0. The van der Waals surface area contributed by atoms with Crippen LogP contribution in [0.4, 0.5) is 0 Å². The summed E-state index contributed by atoms with van der Waals surface area (Å²) in [6.07, 6.45) is 7.88. The molecule has 1 aliphatic rings. The average Bonchev–Trinajstić information content (AvgIpc) is 3.01. The van der Waals surface area contributed by atoms with E-state index in [1.54, 1.807) is 0 Å². The molecule has 1 amide bonds. The Hall–Kier alpha value is -1.05. The maximum atomic E-state index is 11.3. The zero-order chi connectivity index (χ0) is 11.1. The fourth-order valence-corrected chi connectivity index (χ4v) is 1.13. The molecule has 0 aromatic heterocycles. The molecule has 84 valence electrons. The van der Waals surface area contributed by atoms with Crippen LogP contribution in [0.5, 0.6) is 0 Å². The predicted molar refractivity (Wildman–Crippen MR) is 58.0 cm³/mol. The van der Waals surface area contributed by atoms with Crippen molar-refractivity contribution in [2.24, 2.45) is 11.7 Å². The Balaban J connectivity index is 1.93. The first-order chi connectivity index (χ1) is 7.24. The molecule has 1 fully saturated rings. The highest BCUT2D eigenvalue weighted by Gasteiger charge is 2.20. The second-order valence-corrected chi connectivity index (χ2v) is 3.82. The number of amides is 1. The molecular formula is C11H18N2O2. The quantitative estimate of drug-likeness (QED) is 0.455.